The number of aromatic nitrogens is 1. The molecule has 1 aromatic rings. The molecule has 1 aromatic heterocycles. The Labute approximate surface area is 122 Å². The summed E-state index contributed by atoms with van der Waals surface area (Å²) in [6.07, 6.45) is 6.06. The number of piperidine rings is 1. The van der Waals surface area contributed by atoms with Crippen LogP contribution in [0.4, 0.5) is 5.82 Å². The second kappa shape index (κ2) is 5.72. The maximum atomic E-state index is 4.71. The number of nitrogens with zero attached hydrogens (tertiary/aromatic N) is 2. The van der Waals surface area contributed by atoms with Gasteiger partial charge in [0, 0.05) is 31.4 Å². The van der Waals surface area contributed by atoms with Crippen LogP contribution >= 0.6 is 0 Å². The normalized spacial score (nSPS) is 30.6. The predicted molar refractivity (Wildman–Crippen MR) is 83.9 cm³/mol. The summed E-state index contributed by atoms with van der Waals surface area (Å²) < 4.78 is 0. The lowest BCUT2D eigenvalue weighted by atomic mass is 9.86. The Morgan fingerprint density at radius 2 is 2.05 bits per heavy atom. The molecule has 20 heavy (non-hydrogen) atoms. The van der Waals surface area contributed by atoms with Gasteiger partial charge >= 0.3 is 0 Å². The van der Waals surface area contributed by atoms with Crippen molar-refractivity contribution >= 4 is 5.82 Å². The zero-order chi connectivity index (χ0) is 14.1. The maximum Gasteiger partial charge on any atom is 0.128 e. The molecule has 0 amide bonds. The van der Waals surface area contributed by atoms with Crippen molar-refractivity contribution in [2.24, 2.45) is 11.8 Å². The fraction of sp³-hybridized carbons (Fsp3) is 0.706. The van der Waals surface area contributed by atoms with Gasteiger partial charge in [-0.3, -0.25) is 0 Å². The van der Waals surface area contributed by atoms with Crippen molar-refractivity contribution in [2.75, 3.05) is 11.4 Å². The molecule has 3 rings (SSSR count). The zero-order valence-corrected chi connectivity index (χ0v) is 13.0. The highest BCUT2D eigenvalue weighted by atomic mass is 15.2. The van der Waals surface area contributed by atoms with E-state index >= 15 is 0 Å². The first-order valence-electron chi connectivity index (χ1n) is 8.08. The minimum atomic E-state index is 0.592. The van der Waals surface area contributed by atoms with Crippen LogP contribution in [0.15, 0.2) is 18.3 Å². The SMILES string of the molecule is CC1CC(C)C(C)N(c2ccc(CNC3CC3)cn2)C1. The first-order chi connectivity index (χ1) is 9.63. The molecule has 0 bridgehead atoms. The predicted octanol–water partition coefficient (Wildman–Crippen LogP) is 3.20. The Morgan fingerprint density at radius 3 is 2.70 bits per heavy atom. The summed E-state index contributed by atoms with van der Waals surface area (Å²) in [5, 5.41) is 3.54. The smallest absolute Gasteiger partial charge is 0.128 e. The summed E-state index contributed by atoms with van der Waals surface area (Å²) in [6.45, 7) is 9.14. The number of hydrogen-bond acceptors (Lipinski definition) is 3. The first-order valence-corrected chi connectivity index (χ1v) is 8.08. The molecule has 110 valence electrons. The van der Waals surface area contributed by atoms with Crippen LogP contribution in [0.1, 0.15) is 45.6 Å². The third-order valence-corrected chi connectivity index (χ3v) is 4.87. The highest BCUT2D eigenvalue weighted by molar-refractivity contribution is 5.41. The molecule has 3 atom stereocenters. The Morgan fingerprint density at radius 1 is 1.25 bits per heavy atom. The Kier molecular flexibility index (Phi) is 3.97. The van der Waals surface area contributed by atoms with Gasteiger partial charge in [0.15, 0.2) is 0 Å². The Hall–Kier alpha value is -1.09. The molecule has 3 heteroatoms. The summed E-state index contributed by atoms with van der Waals surface area (Å²) in [7, 11) is 0. The van der Waals surface area contributed by atoms with Crippen LogP contribution in [0.25, 0.3) is 0 Å². The molecule has 2 fully saturated rings. The highest BCUT2D eigenvalue weighted by Crippen LogP contribution is 2.30. The van der Waals surface area contributed by atoms with Crippen molar-refractivity contribution in [2.45, 2.75) is 58.7 Å². The molecule has 0 radical (unpaired) electrons. The third-order valence-electron chi connectivity index (χ3n) is 4.87. The van der Waals surface area contributed by atoms with Crippen molar-refractivity contribution in [3.8, 4) is 0 Å². The van der Waals surface area contributed by atoms with Gasteiger partial charge in [-0.15, -0.1) is 0 Å². The van der Waals surface area contributed by atoms with Crippen LogP contribution in [0.5, 0.6) is 0 Å². The maximum absolute atomic E-state index is 4.71. The number of rotatable bonds is 4. The van der Waals surface area contributed by atoms with Crippen LogP contribution in [0.2, 0.25) is 0 Å². The van der Waals surface area contributed by atoms with Gasteiger partial charge in [-0.05, 0) is 49.7 Å². The molecule has 0 spiro atoms. The van der Waals surface area contributed by atoms with Crippen LogP contribution < -0.4 is 10.2 Å². The average Bonchev–Trinajstić information content (AvgIpc) is 3.25. The molecule has 2 aliphatic rings. The van der Waals surface area contributed by atoms with E-state index in [2.05, 4.69) is 43.1 Å². The van der Waals surface area contributed by atoms with Gasteiger partial charge in [-0.25, -0.2) is 4.98 Å². The molecule has 1 aliphatic carbocycles. The van der Waals surface area contributed by atoms with Gasteiger partial charge < -0.3 is 10.2 Å². The lowest BCUT2D eigenvalue weighted by molar-refractivity contribution is 0.295. The second-order valence-corrected chi connectivity index (χ2v) is 6.89. The zero-order valence-electron chi connectivity index (χ0n) is 13.0. The molecule has 1 N–H and O–H groups in total. The lowest BCUT2D eigenvalue weighted by Gasteiger charge is -2.41. The van der Waals surface area contributed by atoms with Crippen molar-refractivity contribution in [3.05, 3.63) is 23.9 Å². The highest BCUT2D eigenvalue weighted by Gasteiger charge is 2.29. The van der Waals surface area contributed by atoms with Crippen molar-refractivity contribution in [1.29, 1.82) is 0 Å². The standard InChI is InChI=1S/C17H27N3/c1-12-8-13(2)14(3)20(11-12)17-7-4-15(10-19-17)9-18-16-5-6-16/h4,7,10,12-14,16,18H,5-6,8-9,11H2,1-3H3. The fourth-order valence-corrected chi connectivity index (χ4v) is 3.26. The molecule has 3 nitrogen and oxygen atoms in total. The van der Waals surface area contributed by atoms with E-state index in [1.165, 1.54) is 24.8 Å². The van der Waals surface area contributed by atoms with Gasteiger partial charge in [0.05, 0.1) is 0 Å². The van der Waals surface area contributed by atoms with Crippen LogP contribution in [-0.4, -0.2) is 23.6 Å². The third kappa shape index (κ3) is 3.14. The quantitative estimate of drug-likeness (QED) is 0.913. The van der Waals surface area contributed by atoms with Crippen molar-refractivity contribution in [1.82, 2.24) is 10.3 Å². The number of anilines is 1. The lowest BCUT2D eigenvalue weighted by Crippen LogP contribution is -2.46. The van der Waals surface area contributed by atoms with E-state index in [4.69, 9.17) is 4.98 Å². The largest absolute Gasteiger partial charge is 0.353 e. The molecule has 3 unspecified atom stereocenters. The molecule has 1 aliphatic heterocycles. The van der Waals surface area contributed by atoms with Crippen LogP contribution in [0.3, 0.4) is 0 Å². The Balaban J connectivity index is 1.66. The summed E-state index contributed by atoms with van der Waals surface area (Å²) in [4.78, 5) is 7.19. The molecule has 0 aromatic carbocycles. The van der Waals surface area contributed by atoms with Crippen LogP contribution in [0, 0.1) is 11.8 Å². The van der Waals surface area contributed by atoms with Gasteiger partial charge in [0.1, 0.15) is 5.82 Å². The number of nitrogens with one attached hydrogen (secondary N) is 1. The van der Waals surface area contributed by atoms with E-state index in [1.54, 1.807) is 0 Å². The molecule has 1 saturated carbocycles. The molecular weight excluding hydrogens is 246 g/mol. The van der Waals surface area contributed by atoms with E-state index in [-0.39, 0.29) is 0 Å². The minimum absolute atomic E-state index is 0.592. The van der Waals surface area contributed by atoms with E-state index in [0.29, 0.717) is 6.04 Å². The summed E-state index contributed by atoms with van der Waals surface area (Å²) in [5.74, 6) is 2.65. The van der Waals surface area contributed by atoms with E-state index in [9.17, 15) is 0 Å². The average molecular weight is 273 g/mol. The summed E-state index contributed by atoms with van der Waals surface area (Å²) >= 11 is 0. The minimum Gasteiger partial charge on any atom is -0.353 e. The number of pyridine rings is 1. The summed E-state index contributed by atoms with van der Waals surface area (Å²) in [5.41, 5.74) is 1.30. The number of hydrogen-bond donors (Lipinski definition) is 1. The topological polar surface area (TPSA) is 28.2 Å². The van der Waals surface area contributed by atoms with E-state index < -0.39 is 0 Å². The van der Waals surface area contributed by atoms with Gasteiger partial charge in [-0.2, -0.15) is 0 Å². The van der Waals surface area contributed by atoms with Crippen molar-refractivity contribution < 1.29 is 0 Å². The molecular formula is C17H27N3. The molecule has 2 heterocycles. The van der Waals surface area contributed by atoms with Crippen molar-refractivity contribution in [3.63, 3.8) is 0 Å². The fourth-order valence-electron chi connectivity index (χ4n) is 3.26. The molecule has 1 saturated heterocycles. The monoisotopic (exact) mass is 273 g/mol. The van der Waals surface area contributed by atoms with E-state index in [0.717, 1.165) is 36.8 Å². The van der Waals surface area contributed by atoms with E-state index in [1.807, 2.05) is 6.20 Å². The van der Waals surface area contributed by atoms with Gasteiger partial charge in [0.2, 0.25) is 0 Å². The Bertz CT molecular complexity index is 438. The van der Waals surface area contributed by atoms with Gasteiger partial charge in [0.25, 0.3) is 0 Å². The second-order valence-electron chi connectivity index (χ2n) is 6.89. The summed E-state index contributed by atoms with van der Waals surface area (Å²) in [6, 6.07) is 5.78. The first kappa shape index (κ1) is 13.9. The van der Waals surface area contributed by atoms with Gasteiger partial charge in [-0.1, -0.05) is 19.9 Å². The van der Waals surface area contributed by atoms with Crippen LogP contribution in [-0.2, 0) is 6.54 Å².